The van der Waals surface area contributed by atoms with Crippen molar-refractivity contribution in [2.24, 2.45) is 11.8 Å². The number of carboxylic acid groups (broad SMARTS) is 1. The summed E-state index contributed by atoms with van der Waals surface area (Å²) < 4.78 is 0.757. The molecule has 0 aromatic carbocycles. The van der Waals surface area contributed by atoms with Gasteiger partial charge in [0.25, 0.3) is 0 Å². The molecule has 1 amide bonds. The number of carbonyl (C=O) groups is 2. The van der Waals surface area contributed by atoms with Crippen LogP contribution < -0.4 is 34.7 Å². The first-order valence-electron chi connectivity index (χ1n) is 7.21. The number of fused-ring (bicyclic) bond motifs is 1. The Kier molecular flexibility index (Phi) is 6.15. The van der Waals surface area contributed by atoms with Gasteiger partial charge in [-0.3, -0.25) is 4.79 Å². The molecular formula is C14H16N3NaO4S2. The first kappa shape index (κ1) is 19.9. The van der Waals surface area contributed by atoms with E-state index in [1.54, 1.807) is 6.92 Å². The molecule has 2 aliphatic heterocycles. The van der Waals surface area contributed by atoms with Crippen molar-refractivity contribution in [1.29, 1.82) is 0 Å². The summed E-state index contributed by atoms with van der Waals surface area (Å²) in [5.41, 5.74) is 0.613. The standard InChI is InChI=1S/C14H17N3O4S2.Na/c1-5-8(4-22-14-16-15-7(3)23-14)11(13(20)21)17-10(5)9(6(2)18)12(17)19;/h5-6,9-10,18H,4H2,1-3H3,(H,20,21);/q;+1/p-1/t5-,6+,9+,10+;/m0./s1. The number of β-lactam (4-membered cyclic amide) rings is 1. The van der Waals surface area contributed by atoms with E-state index in [0.717, 1.165) is 9.35 Å². The summed E-state index contributed by atoms with van der Waals surface area (Å²) in [6, 6.07) is -0.304. The SMILES string of the molecule is Cc1nnc(SCC2=C(C(=O)[O-])N3C(=O)[C@H]([C@@H](C)O)[C@H]3[C@H]2C)s1.[Na+]. The van der Waals surface area contributed by atoms with Gasteiger partial charge in [0.2, 0.25) is 5.91 Å². The third-order valence-corrected chi connectivity index (χ3v) is 6.39. The molecule has 24 heavy (non-hydrogen) atoms. The fourth-order valence-corrected chi connectivity index (χ4v) is 5.27. The minimum Gasteiger partial charge on any atom is -0.543 e. The van der Waals surface area contributed by atoms with Crippen molar-refractivity contribution in [2.45, 2.75) is 37.3 Å². The van der Waals surface area contributed by atoms with Gasteiger partial charge in [0.15, 0.2) is 4.34 Å². The third-order valence-electron chi connectivity index (χ3n) is 4.37. The normalized spacial score (nSPS) is 26.8. The molecule has 1 aromatic heterocycles. The van der Waals surface area contributed by atoms with E-state index in [2.05, 4.69) is 10.2 Å². The molecule has 4 atom stereocenters. The van der Waals surface area contributed by atoms with E-state index < -0.39 is 18.0 Å². The van der Waals surface area contributed by atoms with Crippen LogP contribution in [0.1, 0.15) is 18.9 Å². The van der Waals surface area contributed by atoms with Crippen LogP contribution >= 0.6 is 23.1 Å². The molecule has 10 heteroatoms. The largest absolute Gasteiger partial charge is 1.00 e. The maximum atomic E-state index is 12.2. The van der Waals surface area contributed by atoms with Gasteiger partial charge in [-0.2, -0.15) is 0 Å². The smallest absolute Gasteiger partial charge is 0.543 e. The van der Waals surface area contributed by atoms with Gasteiger partial charge in [0.05, 0.1) is 29.7 Å². The maximum Gasteiger partial charge on any atom is 1.00 e. The van der Waals surface area contributed by atoms with Crippen LogP contribution in [0.15, 0.2) is 15.6 Å². The second-order valence-corrected chi connectivity index (χ2v) is 8.19. The molecule has 0 bridgehead atoms. The summed E-state index contributed by atoms with van der Waals surface area (Å²) in [5.74, 6) is -1.97. The van der Waals surface area contributed by atoms with Gasteiger partial charge in [-0.1, -0.05) is 30.0 Å². The van der Waals surface area contributed by atoms with Gasteiger partial charge in [-0.25, -0.2) is 0 Å². The summed E-state index contributed by atoms with van der Waals surface area (Å²) in [4.78, 5) is 25.0. The van der Waals surface area contributed by atoms with Crippen molar-refractivity contribution < 1.29 is 49.4 Å². The Morgan fingerprint density at radius 2 is 2.17 bits per heavy atom. The number of hydrogen-bond acceptors (Lipinski definition) is 8. The zero-order valence-electron chi connectivity index (χ0n) is 13.8. The van der Waals surface area contributed by atoms with Gasteiger partial charge in [0, 0.05) is 11.7 Å². The van der Waals surface area contributed by atoms with Gasteiger partial charge in [0.1, 0.15) is 5.01 Å². The Labute approximate surface area is 169 Å². The molecule has 0 unspecified atom stereocenters. The molecule has 0 saturated carbocycles. The average Bonchev–Trinajstić information content (AvgIpc) is 2.97. The minimum absolute atomic E-state index is 0. The van der Waals surface area contributed by atoms with Crippen molar-refractivity contribution >= 4 is 35.0 Å². The van der Waals surface area contributed by atoms with Crippen molar-refractivity contribution in [3.8, 4) is 0 Å². The van der Waals surface area contributed by atoms with Gasteiger partial charge in [-0.05, 0) is 19.4 Å². The summed E-state index contributed by atoms with van der Waals surface area (Å²) in [5, 5.41) is 30.1. The number of aromatic nitrogens is 2. The van der Waals surface area contributed by atoms with Crippen LogP contribution in [0.2, 0.25) is 0 Å². The molecule has 1 aromatic rings. The molecule has 1 fully saturated rings. The fourth-order valence-electron chi connectivity index (χ4n) is 3.30. The molecule has 1 saturated heterocycles. The van der Waals surface area contributed by atoms with E-state index in [1.165, 1.54) is 28.0 Å². The second kappa shape index (κ2) is 7.43. The van der Waals surface area contributed by atoms with Gasteiger partial charge >= 0.3 is 29.6 Å². The fraction of sp³-hybridized carbons (Fsp3) is 0.571. The molecule has 3 rings (SSSR count). The average molecular weight is 377 g/mol. The monoisotopic (exact) mass is 377 g/mol. The number of aliphatic hydroxyl groups is 1. The first-order valence-corrected chi connectivity index (χ1v) is 9.01. The van der Waals surface area contributed by atoms with Crippen molar-refractivity contribution in [3.63, 3.8) is 0 Å². The Balaban J connectivity index is 0.00000208. The number of aliphatic carboxylic acids is 1. The van der Waals surface area contributed by atoms with E-state index >= 15 is 0 Å². The summed E-state index contributed by atoms with van der Waals surface area (Å²) in [6.07, 6.45) is -0.799. The molecule has 2 aliphatic rings. The molecule has 7 nitrogen and oxygen atoms in total. The van der Waals surface area contributed by atoms with Gasteiger partial charge in [-0.15, -0.1) is 10.2 Å². The Hall–Kier alpha value is -0.450. The van der Waals surface area contributed by atoms with Crippen LogP contribution in [-0.2, 0) is 9.59 Å². The number of hydrogen-bond donors (Lipinski definition) is 1. The second-order valence-electron chi connectivity index (χ2n) is 5.79. The molecular weight excluding hydrogens is 361 g/mol. The van der Waals surface area contributed by atoms with Crippen molar-refractivity contribution in [1.82, 2.24) is 15.1 Å². The number of amides is 1. The van der Waals surface area contributed by atoms with Crippen LogP contribution in [0.5, 0.6) is 0 Å². The number of aryl methyl sites for hydroxylation is 1. The van der Waals surface area contributed by atoms with Crippen molar-refractivity contribution in [2.75, 3.05) is 5.75 Å². The van der Waals surface area contributed by atoms with E-state index in [4.69, 9.17) is 0 Å². The molecule has 124 valence electrons. The molecule has 0 radical (unpaired) electrons. The first-order chi connectivity index (χ1) is 10.8. The molecule has 3 heterocycles. The number of thioether (sulfide) groups is 1. The predicted molar refractivity (Wildman–Crippen MR) is 82.4 cm³/mol. The molecule has 1 N–H and O–H groups in total. The van der Waals surface area contributed by atoms with E-state index in [0.29, 0.717) is 11.3 Å². The van der Waals surface area contributed by atoms with Crippen LogP contribution in [0, 0.1) is 18.8 Å². The zero-order valence-corrected chi connectivity index (χ0v) is 17.5. The molecule has 0 spiro atoms. The van der Waals surface area contributed by atoms with Gasteiger partial charge < -0.3 is 19.9 Å². The molecule has 0 aliphatic carbocycles. The predicted octanol–water partition coefficient (Wildman–Crippen LogP) is -3.20. The topological polar surface area (TPSA) is 106 Å². The Morgan fingerprint density at radius 1 is 1.50 bits per heavy atom. The maximum absolute atomic E-state index is 12.2. The van der Waals surface area contributed by atoms with E-state index in [9.17, 15) is 19.8 Å². The zero-order chi connectivity index (χ0) is 16.9. The third kappa shape index (κ3) is 3.17. The number of carbonyl (C=O) groups excluding carboxylic acids is 2. The number of carboxylic acids is 1. The number of nitrogens with zero attached hydrogens (tertiary/aromatic N) is 3. The van der Waals surface area contributed by atoms with Crippen molar-refractivity contribution in [3.05, 3.63) is 16.3 Å². The Morgan fingerprint density at radius 3 is 2.67 bits per heavy atom. The summed E-state index contributed by atoms with van der Waals surface area (Å²) in [6.45, 7) is 5.29. The quantitative estimate of drug-likeness (QED) is 0.327. The number of rotatable bonds is 5. The number of aliphatic hydroxyl groups excluding tert-OH is 1. The minimum atomic E-state index is -1.35. The summed E-state index contributed by atoms with van der Waals surface area (Å²) >= 11 is 2.84. The van der Waals surface area contributed by atoms with Crippen LogP contribution in [0.4, 0.5) is 0 Å². The Bertz CT molecular complexity index is 706. The summed E-state index contributed by atoms with van der Waals surface area (Å²) in [7, 11) is 0. The van der Waals surface area contributed by atoms with Crippen LogP contribution in [0.3, 0.4) is 0 Å². The van der Waals surface area contributed by atoms with Crippen LogP contribution in [0.25, 0.3) is 0 Å². The van der Waals surface area contributed by atoms with Crippen LogP contribution in [-0.4, -0.2) is 50.0 Å². The van der Waals surface area contributed by atoms with E-state index in [-0.39, 0.29) is 53.1 Å². The van der Waals surface area contributed by atoms with E-state index in [1.807, 2.05) is 13.8 Å².